The Labute approximate surface area is 122 Å². The number of aromatic amines is 1. The standard InChI is InChI=1S/C12H8Cl2N4O2/c1-20-7-2-8-10(11(19)17-12(14)16-8)9(3-7)18-5-6(13)4-15-18/h2-5H,1H3,(H,16,17,19). The van der Waals surface area contributed by atoms with E-state index in [9.17, 15) is 4.79 Å². The van der Waals surface area contributed by atoms with E-state index in [0.29, 0.717) is 27.4 Å². The zero-order valence-corrected chi connectivity index (χ0v) is 11.7. The van der Waals surface area contributed by atoms with E-state index in [1.165, 1.54) is 18.0 Å². The Balaban J connectivity index is 2.42. The Morgan fingerprint density at radius 2 is 2.15 bits per heavy atom. The summed E-state index contributed by atoms with van der Waals surface area (Å²) in [6.45, 7) is 0. The third-order valence-corrected chi connectivity index (χ3v) is 3.14. The molecule has 3 rings (SSSR count). The van der Waals surface area contributed by atoms with Crippen molar-refractivity contribution in [2.45, 2.75) is 0 Å². The van der Waals surface area contributed by atoms with E-state index in [-0.39, 0.29) is 10.8 Å². The predicted octanol–water partition coefficient (Wildman–Crippen LogP) is 2.42. The van der Waals surface area contributed by atoms with Crippen LogP contribution >= 0.6 is 23.2 Å². The van der Waals surface area contributed by atoms with Gasteiger partial charge in [-0.25, -0.2) is 9.67 Å². The second-order valence-electron chi connectivity index (χ2n) is 4.00. The molecule has 20 heavy (non-hydrogen) atoms. The fraction of sp³-hybridized carbons (Fsp3) is 0.0833. The van der Waals surface area contributed by atoms with Crippen LogP contribution < -0.4 is 10.3 Å². The largest absolute Gasteiger partial charge is 0.497 e. The molecular weight excluding hydrogens is 303 g/mol. The average molecular weight is 311 g/mol. The van der Waals surface area contributed by atoms with Gasteiger partial charge >= 0.3 is 0 Å². The highest BCUT2D eigenvalue weighted by atomic mass is 35.5. The fourth-order valence-electron chi connectivity index (χ4n) is 1.93. The Morgan fingerprint density at radius 1 is 1.35 bits per heavy atom. The molecular formula is C12H8Cl2N4O2. The van der Waals surface area contributed by atoms with Crippen molar-refractivity contribution in [3.8, 4) is 11.4 Å². The molecule has 0 aliphatic heterocycles. The number of nitrogens with zero attached hydrogens (tertiary/aromatic N) is 3. The van der Waals surface area contributed by atoms with Gasteiger partial charge in [0.2, 0.25) is 5.28 Å². The predicted molar refractivity (Wildman–Crippen MR) is 76.1 cm³/mol. The molecule has 1 N–H and O–H groups in total. The van der Waals surface area contributed by atoms with E-state index in [4.69, 9.17) is 27.9 Å². The first-order chi connectivity index (χ1) is 9.58. The zero-order valence-electron chi connectivity index (χ0n) is 10.2. The number of methoxy groups -OCH3 is 1. The number of ether oxygens (including phenoxy) is 1. The summed E-state index contributed by atoms with van der Waals surface area (Å²) < 4.78 is 6.69. The fourth-order valence-corrected chi connectivity index (χ4v) is 2.24. The van der Waals surface area contributed by atoms with Gasteiger partial charge in [0.05, 0.1) is 34.9 Å². The van der Waals surface area contributed by atoms with Gasteiger partial charge in [-0.05, 0) is 11.6 Å². The molecule has 0 unspecified atom stereocenters. The first kappa shape index (κ1) is 13.0. The molecule has 2 aromatic heterocycles. The number of hydrogen-bond donors (Lipinski definition) is 1. The molecule has 0 saturated heterocycles. The van der Waals surface area contributed by atoms with Gasteiger partial charge in [0, 0.05) is 18.3 Å². The van der Waals surface area contributed by atoms with Gasteiger partial charge in [-0.3, -0.25) is 9.78 Å². The summed E-state index contributed by atoms with van der Waals surface area (Å²) in [4.78, 5) is 18.7. The van der Waals surface area contributed by atoms with Gasteiger partial charge < -0.3 is 4.74 Å². The lowest BCUT2D eigenvalue weighted by Gasteiger charge is -2.08. The van der Waals surface area contributed by atoms with Crippen molar-refractivity contribution in [1.82, 2.24) is 19.7 Å². The second-order valence-corrected chi connectivity index (χ2v) is 4.79. The molecule has 0 aliphatic carbocycles. The molecule has 0 atom stereocenters. The summed E-state index contributed by atoms with van der Waals surface area (Å²) in [7, 11) is 1.52. The van der Waals surface area contributed by atoms with Crippen LogP contribution in [0.15, 0.2) is 29.3 Å². The van der Waals surface area contributed by atoms with E-state index in [0.717, 1.165) is 0 Å². The average Bonchev–Trinajstić information content (AvgIpc) is 2.83. The number of halogens is 2. The number of fused-ring (bicyclic) bond motifs is 1. The molecule has 6 nitrogen and oxygen atoms in total. The quantitative estimate of drug-likeness (QED) is 0.738. The van der Waals surface area contributed by atoms with Gasteiger partial charge in [-0.2, -0.15) is 5.10 Å². The van der Waals surface area contributed by atoms with Crippen molar-refractivity contribution in [3.05, 3.63) is 45.2 Å². The van der Waals surface area contributed by atoms with E-state index < -0.39 is 0 Å². The van der Waals surface area contributed by atoms with Crippen molar-refractivity contribution in [1.29, 1.82) is 0 Å². The van der Waals surface area contributed by atoms with Crippen molar-refractivity contribution in [3.63, 3.8) is 0 Å². The van der Waals surface area contributed by atoms with E-state index in [1.807, 2.05) is 0 Å². The molecule has 0 bridgehead atoms. The lowest BCUT2D eigenvalue weighted by atomic mass is 10.2. The van der Waals surface area contributed by atoms with Crippen LogP contribution in [0.3, 0.4) is 0 Å². The van der Waals surface area contributed by atoms with Crippen LogP contribution in [0.2, 0.25) is 10.3 Å². The first-order valence-corrected chi connectivity index (χ1v) is 6.32. The van der Waals surface area contributed by atoms with Crippen molar-refractivity contribution in [2.24, 2.45) is 0 Å². The summed E-state index contributed by atoms with van der Waals surface area (Å²) in [6.07, 6.45) is 3.06. The van der Waals surface area contributed by atoms with Gasteiger partial charge in [-0.15, -0.1) is 0 Å². The molecule has 2 heterocycles. The topological polar surface area (TPSA) is 72.8 Å². The van der Waals surface area contributed by atoms with Crippen LogP contribution in [0.1, 0.15) is 0 Å². The first-order valence-electron chi connectivity index (χ1n) is 5.56. The van der Waals surface area contributed by atoms with Crippen molar-refractivity contribution in [2.75, 3.05) is 7.11 Å². The van der Waals surface area contributed by atoms with Gasteiger partial charge in [0.25, 0.3) is 5.56 Å². The molecule has 0 radical (unpaired) electrons. The Morgan fingerprint density at radius 3 is 2.80 bits per heavy atom. The molecule has 1 aromatic carbocycles. The van der Waals surface area contributed by atoms with Gasteiger partial charge in [0.1, 0.15) is 5.75 Å². The van der Waals surface area contributed by atoms with Crippen LogP contribution in [-0.2, 0) is 0 Å². The molecule has 3 aromatic rings. The molecule has 0 fully saturated rings. The van der Waals surface area contributed by atoms with Crippen LogP contribution in [0.25, 0.3) is 16.6 Å². The minimum Gasteiger partial charge on any atom is -0.497 e. The van der Waals surface area contributed by atoms with Crippen molar-refractivity contribution < 1.29 is 4.74 Å². The Hall–Kier alpha value is -2.05. The smallest absolute Gasteiger partial charge is 0.261 e. The molecule has 0 aliphatic rings. The van der Waals surface area contributed by atoms with Crippen LogP contribution in [0.4, 0.5) is 0 Å². The monoisotopic (exact) mass is 310 g/mol. The highest BCUT2D eigenvalue weighted by Gasteiger charge is 2.13. The number of hydrogen-bond acceptors (Lipinski definition) is 4. The zero-order chi connectivity index (χ0) is 14.3. The summed E-state index contributed by atoms with van der Waals surface area (Å²) in [5, 5.41) is 4.92. The van der Waals surface area contributed by atoms with E-state index >= 15 is 0 Å². The highest BCUT2D eigenvalue weighted by Crippen LogP contribution is 2.25. The molecule has 0 saturated carbocycles. The number of H-pyrrole nitrogens is 1. The second kappa shape index (κ2) is 4.81. The highest BCUT2D eigenvalue weighted by molar-refractivity contribution is 6.30. The van der Waals surface area contributed by atoms with E-state index in [2.05, 4.69) is 15.1 Å². The lowest BCUT2D eigenvalue weighted by Crippen LogP contribution is -2.12. The summed E-state index contributed by atoms with van der Waals surface area (Å²) in [5.74, 6) is 0.535. The number of rotatable bonds is 2. The number of nitrogens with one attached hydrogen (secondary N) is 1. The third kappa shape index (κ3) is 2.13. The maximum absolute atomic E-state index is 12.1. The lowest BCUT2D eigenvalue weighted by molar-refractivity contribution is 0.415. The minimum absolute atomic E-state index is 0.0141. The third-order valence-electron chi connectivity index (χ3n) is 2.77. The summed E-state index contributed by atoms with van der Waals surface area (Å²) >= 11 is 11.6. The Bertz CT molecular complexity index is 856. The minimum atomic E-state index is -0.357. The SMILES string of the molecule is COc1cc(-n2cc(Cl)cn2)c2c(=O)[nH]c(Cl)nc2c1. The number of benzene rings is 1. The van der Waals surface area contributed by atoms with Gasteiger partial charge in [-0.1, -0.05) is 11.6 Å². The van der Waals surface area contributed by atoms with E-state index in [1.54, 1.807) is 18.3 Å². The maximum atomic E-state index is 12.1. The van der Waals surface area contributed by atoms with Crippen LogP contribution in [-0.4, -0.2) is 26.9 Å². The van der Waals surface area contributed by atoms with Crippen LogP contribution in [0, 0.1) is 0 Å². The maximum Gasteiger partial charge on any atom is 0.261 e. The molecule has 8 heteroatoms. The summed E-state index contributed by atoms with van der Waals surface area (Å²) in [6, 6.07) is 3.31. The Kier molecular flexibility index (Phi) is 3.11. The number of aromatic nitrogens is 4. The molecule has 0 spiro atoms. The normalized spacial score (nSPS) is 10.9. The molecule has 102 valence electrons. The summed E-state index contributed by atoms with van der Waals surface area (Å²) in [5.41, 5.74) is 0.570. The van der Waals surface area contributed by atoms with Crippen LogP contribution in [0.5, 0.6) is 5.75 Å². The van der Waals surface area contributed by atoms with Gasteiger partial charge in [0.15, 0.2) is 0 Å². The van der Waals surface area contributed by atoms with Crippen molar-refractivity contribution >= 4 is 34.1 Å². The molecule has 0 amide bonds.